The zero-order valence-electron chi connectivity index (χ0n) is 19.4. The van der Waals surface area contributed by atoms with Crippen molar-refractivity contribution >= 4 is 0 Å². The van der Waals surface area contributed by atoms with Gasteiger partial charge in [-0.2, -0.15) is 17.6 Å². The average molecular weight is 498 g/mol. The molecule has 0 radical (unpaired) electrons. The largest absolute Gasteiger partial charge is 0.491 e. The Kier molecular flexibility index (Phi) is 6.42. The fourth-order valence-corrected chi connectivity index (χ4v) is 4.33. The molecule has 0 bridgehead atoms. The summed E-state index contributed by atoms with van der Waals surface area (Å²) in [5.41, 5.74) is -3.97. The minimum Gasteiger partial charge on any atom is -0.491 e. The van der Waals surface area contributed by atoms with Crippen LogP contribution < -0.4 is 9.47 Å². The summed E-state index contributed by atoms with van der Waals surface area (Å²) >= 11 is 0. The Balaban J connectivity index is 1.70. The van der Waals surface area contributed by atoms with Gasteiger partial charge in [-0.25, -0.2) is 8.78 Å². The predicted octanol–water partition coefficient (Wildman–Crippen LogP) is 7.29. The number of fused-ring (bicyclic) bond motifs is 3. The lowest BCUT2D eigenvalue weighted by molar-refractivity contribution is -0.228. The van der Waals surface area contributed by atoms with Crippen LogP contribution in [0.1, 0.15) is 38.3 Å². The van der Waals surface area contributed by atoms with Crippen LogP contribution in [0.5, 0.6) is 11.5 Å². The molecule has 2 aromatic rings. The van der Waals surface area contributed by atoms with E-state index in [1.807, 2.05) is 26.0 Å². The van der Waals surface area contributed by atoms with Crippen LogP contribution in [0.15, 0.2) is 48.1 Å². The van der Waals surface area contributed by atoms with Crippen LogP contribution in [0.2, 0.25) is 0 Å². The topological polar surface area (TPSA) is 27.7 Å². The Hall–Kier alpha value is -2.94. The Morgan fingerprint density at radius 3 is 1.80 bits per heavy atom. The molecule has 4 rings (SSSR count). The first-order valence-corrected chi connectivity index (χ1v) is 11.2. The molecule has 0 N–H and O–H groups in total. The van der Waals surface area contributed by atoms with Gasteiger partial charge in [0.25, 0.3) is 0 Å². The molecule has 188 valence electrons. The molecule has 0 fully saturated rings. The summed E-state index contributed by atoms with van der Waals surface area (Å²) in [5.74, 6) is -14.5. The summed E-state index contributed by atoms with van der Waals surface area (Å²) in [4.78, 5) is 0. The monoisotopic (exact) mass is 498 g/mol. The van der Waals surface area contributed by atoms with E-state index in [0.717, 1.165) is 24.3 Å². The van der Waals surface area contributed by atoms with E-state index in [9.17, 15) is 13.2 Å². The normalized spacial score (nSPS) is 21.7. The number of halogens is 6. The lowest BCUT2D eigenvalue weighted by Crippen LogP contribution is -2.41. The van der Waals surface area contributed by atoms with Gasteiger partial charge >= 0.3 is 11.8 Å². The number of hydrogen-bond donors (Lipinski definition) is 0. The van der Waals surface area contributed by atoms with Gasteiger partial charge in [-0.15, -0.1) is 0 Å². The molecule has 1 atom stereocenters. The van der Waals surface area contributed by atoms with Crippen LogP contribution in [-0.2, 0) is 16.6 Å². The minimum atomic E-state index is -5.03. The maximum absolute atomic E-state index is 15.3. The summed E-state index contributed by atoms with van der Waals surface area (Å²) in [5, 5.41) is 0. The van der Waals surface area contributed by atoms with Crippen molar-refractivity contribution < 1.29 is 40.6 Å². The Bertz CT molecular complexity index is 1200. The van der Waals surface area contributed by atoms with E-state index in [0.29, 0.717) is 18.6 Å². The zero-order valence-corrected chi connectivity index (χ0v) is 19.4. The van der Waals surface area contributed by atoms with Crippen molar-refractivity contribution in [2.24, 2.45) is 0 Å². The highest BCUT2D eigenvalue weighted by Gasteiger charge is 2.65. The van der Waals surface area contributed by atoms with Gasteiger partial charge < -0.3 is 14.2 Å². The van der Waals surface area contributed by atoms with E-state index >= 15 is 13.2 Å². The standard InChI is InChI=1S/C26H24F6O3/c1-4-33-18-8-6-16-17-7-9-19(34-14-15-10-12-24(3,13-11-15)35-5-2)23(28)21(17)26(31,32)25(29,30)20(16)22(18)27/h6-12H,4-5,13-14H2,1-3H3. The fourth-order valence-electron chi connectivity index (χ4n) is 4.33. The molecule has 2 aliphatic carbocycles. The highest BCUT2D eigenvalue weighted by molar-refractivity contribution is 5.78. The van der Waals surface area contributed by atoms with Gasteiger partial charge in [0, 0.05) is 6.61 Å². The predicted molar refractivity (Wildman–Crippen MR) is 118 cm³/mol. The smallest absolute Gasteiger partial charge is 0.343 e. The zero-order chi connectivity index (χ0) is 25.6. The first-order chi connectivity index (χ1) is 16.5. The Labute approximate surface area is 199 Å². The molecule has 1 unspecified atom stereocenters. The van der Waals surface area contributed by atoms with E-state index in [4.69, 9.17) is 14.2 Å². The van der Waals surface area contributed by atoms with Crippen molar-refractivity contribution in [2.75, 3.05) is 19.8 Å². The second-order valence-electron chi connectivity index (χ2n) is 8.53. The van der Waals surface area contributed by atoms with Gasteiger partial charge in [0.15, 0.2) is 23.1 Å². The maximum atomic E-state index is 15.3. The van der Waals surface area contributed by atoms with E-state index in [1.54, 1.807) is 6.08 Å². The SMILES string of the molecule is CCOc1ccc2c(c1F)C(F)(F)C(F)(F)c1c-2ccc(OCC2=CCC(C)(OCC)C=C2)c1F. The average Bonchev–Trinajstić information content (AvgIpc) is 2.79. The van der Waals surface area contributed by atoms with Crippen LogP contribution in [0.3, 0.4) is 0 Å². The third-order valence-corrected chi connectivity index (χ3v) is 6.11. The molecule has 0 saturated carbocycles. The number of benzene rings is 2. The van der Waals surface area contributed by atoms with Gasteiger partial charge in [-0.3, -0.25) is 0 Å². The van der Waals surface area contributed by atoms with Gasteiger partial charge in [0.2, 0.25) is 0 Å². The molecule has 0 aliphatic heterocycles. The molecule has 0 spiro atoms. The molecule has 0 heterocycles. The first kappa shape index (κ1) is 25.2. The molecule has 9 heteroatoms. The van der Waals surface area contributed by atoms with Crippen molar-refractivity contribution in [1.29, 1.82) is 0 Å². The number of ether oxygens (including phenoxy) is 3. The Morgan fingerprint density at radius 2 is 1.34 bits per heavy atom. The fraction of sp³-hybridized carbons (Fsp3) is 0.385. The molecule has 3 nitrogen and oxygen atoms in total. The van der Waals surface area contributed by atoms with Gasteiger partial charge in [0.05, 0.1) is 23.3 Å². The maximum Gasteiger partial charge on any atom is 0.343 e. The number of alkyl halides is 4. The van der Waals surface area contributed by atoms with Crippen molar-refractivity contribution in [2.45, 2.75) is 44.6 Å². The summed E-state index contributed by atoms with van der Waals surface area (Å²) in [6.45, 7) is 5.54. The second-order valence-corrected chi connectivity index (χ2v) is 8.53. The quantitative estimate of drug-likeness (QED) is 0.375. The first-order valence-electron chi connectivity index (χ1n) is 11.2. The van der Waals surface area contributed by atoms with Gasteiger partial charge in [-0.1, -0.05) is 18.2 Å². The van der Waals surface area contributed by atoms with E-state index < -0.39 is 62.8 Å². The van der Waals surface area contributed by atoms with Crippen molar-refractivity contribution in [3.63, 3.8) is 0 Å². The Morgan fingerprint density at radius 1 is 0.800 bits per heavy atom. The van der Waals surface area contributed by atoms with Crippen LogP contribution >= 0.6 is 0 Å². The molecule has 2 aliphatic rings. The van der Waals surface area contributed by atoms with Gasteiger partial charge in [-0.05, 0) is 68.2 Å². The molecule has 0 aromatic heterocycles. The molecule has 0 saturated heterocycles. The number of rotatable bonds is 7. The summed E-state index contributed by atoms with van der Waals surface area (Å²) in [6.07, 6.45) is 5.87. The summed E-state index contributed by atoms with van der Waals surface area (Å²) in [6, 6.07) is 4.19. The summed E-state index contributed by atoms with van der Waals surface area (Å²) in [7, 11) is 0. The summed E-state index contributed by atoms with van der Waals surface area (Å²) < 4.78 is 106. The lowest BCUT2D eigenvalue weighted by atomic mass is 9.79. The highest BCUT2D eigenvalue weighted by atomic mass is 19.3. The van der Waals surface area contributed by atoms with Gasteiger partial charge in [0.1, 0.15) is 6.61 Å². The van der Waals surface area contributed by atoms with Crippen LogP contribution in [0, 0.1) is 11.6 Å². The van der Waals surface area contributed by atoms with Crippen molar-refractivity contribution in [3.8, 4) is 22.6 Å². The molecule has 2 aromatic carbocycles. The van der Waals surface area contributed by atoms with Crippen LogP contribution in [0.25, 0.3) is 11.1 Å². The van der Waals surface area contributed by atoms with Crippen LogP contribution in [-0.4, -0.2) is 25.4 Å². The molecule has 0 amide bonds. The third kappa shape index (κ3) is 4.09. The third-order valence-electron chi connectivity index (χ3n) is 6.11. The number of hydrogen-bond acceptors (Lipinski definition) is 3. The van der Waals surface area contributed by atoms with E-state index in [2.05, 4.69) is 0 Å². The van der Waals surface area contributed by atoms with E-state index in [1.165, 1.54) is 6.92 Å². The lowest BCUT2D eigenvalue weighted by Gasteiger charge is -2.35. The van der Waals surface area contributed by atoms with E-state index in [-0.39, 0.29) is 13.2 Å². The molecular formula is C26H24F6O3. The molecular weight excluding hydrogens is 474 g/mol. The van der Waals surface area contributed by atoms with Crippen LogP contribution in [0.4, 0.5) is 26.3 Å². The minimum absolute atomic E-state index is 0.0555. The second kappa shape index (κ2) is 8.93. The highest BCUT2D eigenvalue weighted by Crippen LogP contribution is 2.60. The molecule has 35 heavy (non-hydrogen) atoms. The van der Waals surface area contributed by atoms with Crippen molar-refractivity contribution in [1.82, 2.24) is 0 Å². The van der Waals surface area contributed by atoms with Crippen molar-refractivity contribution in [3.05, 3.63) is 70.8 Å².